The minimum absolute atomic E-state index is 0.0863. The van der Waals surface area contributed by atoms with Crippen LogP contribution in [-0.4, -0.2) is 35.3 Å². The minimum atomic E-state index is -0.350. The van der Waals surface area contributed by atoms with Gasteiger partial charge in [-0.25, -0.2) is 0 Å². The Kier molecular flexibility index (Phi) is 6.11. The second-order valence-electron chi connectivity index (χ2n) is 9.53. The molecule has 2 saturated heterocycles. The lowest BCUT2D eigenvalue weighted by atomic mass is 9.84. The fourth-order valence-corrected chi connectivity index (χ4v) is 5.76. The Labute approximate surface area is 199 Å². The number of halogens is 1. The standard InChI is InChI=1S/C28H29ClN2O2/c29-25-8-4-3-7-24(25)23-13-16-31(19-23)27(33)12-15-28(14-11-26(32)30-28)18-20-9-10-21-5-1-2-6-22(21)17-20/h1-10,17,23H,11-16,18-19H2,(H,30,32)/t23-,28+/m1/s1. The van der Waals surface area contributed by atoms with Crippen molar-refractivity contribution in [2.45, 2.75) is 50.0 Å². The zero-order chi connectivity index (χ0) is 22.8. The van der Waals surface area contributed by atoms with Crippen molar-refractivity contribution < 1.29 is 9.59 Å². The van der Waals surface area contributed by atoms with E-state index in [0.717, 1.165) is 36.4 Å². The maximum Gasteiger partial charge on any atom is 0.222 e. The molecular formula is C28H29ClN2O2. The Balaban J connectivity index is 1.25. The number of amides is 2. The first kappa shape index (κ1) is 22.0. The summed E-state index contributed by atoms with van der Waals surface area (Å²) in [6.45, 7) is 1.48. The second-order valence-corrected chi connectivity index (χ2v) is 9.94. The third kappa shape index (κ3) is 4.77. The summed E-state index contributed by atoms with van der Waals surface area (Å²) in [5.74, 6) is 0.548. The molecule has 2 amide bonds. The molecule has 0 saturated carbocycles. The maximum atomic E-state index is 13.1. The van der Waals surface area contributed by atoms with Crippen LogP contribution in [0.5, 0.6) is 0 Å². The molecule has 0 aliphatic carbocycles. The Morgan fingerprint density at radius 1 is 1.06 bits per heavy atom. The minimum Gasteiger partial charge on any atom is -0.350 e. The van der Waals surface area contributed by atoms with Crippen molar-refractivity contribution >= 4 is 34.2 Å². The van der Waals surface area contributed by atoms with Gasteiger partial charge in [-0.3, -0.25) is 9.59 Å². The Hall–Kier alpha value is -2.85. The number of likely N-dealkylation sites (tertiary alicyclic amines) is 1. The van der Waals surface area contributed by atoms with Gasteiger partial charge in [0.1, 0.15) is 0 Å². The van der Waals surface area contributed by atoms with E-state index in [0.29, 0.717) is 31.7 Å². The van der Waals surface area contributed by atoms with E-state index < -0.39 is 0 Å². The average molecular weight is 461 g/mol. The quantitative estimate of drug-likeness (QED) is 0.529. The summed E-state index contributed by atoms with van der Waals surface area (Å²) >= 11 is 6.38. The molecule has 0 spiro atoms. The van der Waals surface area contributed by atoms with Crippen molar-refractivity contribution in [1.29, 1.82) is 0 Å². The molecule has 2 heterocycles. The maximum absolute atomic E-state index is 13.1. The van der Waals surface area contributed by atoms with Crippen LogP contribution >= 0.6 is 11.6 Å². The van der Waals surface area contributed by atoms with Gasteiger partial charge in [-0.2, -0.15) is 0 Å². The fourth-order valence-electron chi connectivity index (χ4n) is 5.47. The Morgan fingerprint density at radius 3 is 2.64 bits per heavy atom. The SMILES string of the molecule is O=C1CC[C@](CCC(=O)N2CC[C@@H](c3ccccc3Cl)C2)(Cc2ccc3ccccc3c2)N1. The summed E-state index contributed by atoms with van der Waals surface area (Å²) in [5.41, 5.74) is 1.98. The van der Waals surface area contributed by atoms with Crippen molar-refractivity contribution in [3.8, 4) is 0 Å². The zero-order valence-electron chi connectivity index (χ0n) is 18.7. The number of carbonyl (C=O) groups excluding carboxylic acids is 2. The summed E-state index contributed by atoms with van der Waals surface area (Å²) in [6.07, 6.45) is 4.10. The fraction of sp³-hybridized carbons (Fsp3) is 0.357. The van der Waals surface area contributed by atoms with E-state index in [1.807, 2.05) is 35.2 Å². The highest BCUT2D eigenvalue weighted by Gasteiger charge is 2.39. The molecule has 2 atom stereocenters. The van der Waals surface area contributed by atoms with Crippen molar-refractivity contribution in [3.05, 3.63) is 82.9 Å². The molecule has 5 rings (SSSR count). The molecule has 0 bridgehead atoms. The lowest BCUT2D eigenvalue weighted by Crippen LogP contribution is -2.44. The highest BCUT2D eigenvalue weighted by Crippen LogP contribution is 2.34. The van der Waals surface area contributed by atoms with Gasteiger partial charge in [0.15, 0.2) is 0 Å². The summed E-state index contributed by atoms with van der Waals surface area (Å²) in [6, 6.07) is 22.7. The molecule has 33 heavy (non-hydrogen) atoms. The van der Waals surface area contributed by atoms with Crippen molar-refractivity contribution in [1.82, 2.24) is 10.2 Å². The number of rotatable bonds is 6. The predicted octanol–water partition coefficient (Wildman–Crippen LogP) is 5.48. The molecule has 0 radical (unpaired) electrons. The molecule has 2 fully saturated rings. The van der Waals surface area contributed by atoms with E-state index >= 15 is 0 Å². The predicted molar refractivity (Wildman–Crippen MR) is 132 cm³/mol. The molecule has 3 aromatic rings. The highest BCUT2D eigenvalue weighted by molar-refractivity contribution is 6.31. The normalized spacial score (nSPS) is 22.6. The van der Waals surface area contributed by atoms with E-state index in [-0.39, 0.29) is 17.4 Å². The van der Waals surface area contributed by atoms with Crippen LogP contribution in [0.4, 0.5) is 0 Å². The largest absolute Gasteiger partial charge is 0.350 e. The zero-order valence-corrected chi connectivity index (χ0v) is 19.5. The number of carbonyl (C=O) groups is 2. The van der Waals surface area contributed by atoms with Crippen molar-refractivity contribution in [2.75, 3.05) is 13.1 Å². The third-order valence-corrected chi connectivity index (χ3v) is 7.64. The van der Waals surface area contributed by atoms with Crippen LogP contribution in [0.2, 0.25) is 5.02 Å². The lowest BCUT2D eigenvalue weighted by Gasteiger charge is -2.30. The molecule has 3 aromatic carbocycles. The number of hydrogen-bond acceptors (Lipinski definition) is 2. The molecule has 170 valence electrons. The van der Waals surface area contributed by atoms with E-state index in [2.05, 4.69) is 41.7 Å². The second kappa shape index (κ2) is 9.18. The molecule has 2 aliphatic rings. The monoisotopic (exact) mass is 460 g/mol. The van der Waals surface area contributed by atoms with Gasteiger partial charge in [-0.05, 0) is 53.6 Å². The third-order valence-electron chi connectivity index (χ3n) is 7.30. The van der Waals surface area contributed by atoms with Crippen molar-refractivity contribution in [3.63, 3.8) is 0 Å². The van der Waals surface area contributed by atoms with Crippen molar-refractivity contribution in [2.24, 2.45) is 0 Å². The van der Waals surface area contributed by atoms with Crippen LogP contribution in [0.15, 0.2) is 66.7 Å². The molecule has 1 N–H and O–H groups in total. The van der Waals surface area contributed by atoms with E-state index in [1.54, 1.807) is 0 Å². The van der Waals surface area contributed by atoms with Gasteiger partial charge in [-0.1, -0.05) is 72.3 Å². The molecule has 0 aromatic heterocycles. The first-order chi connectivity index (χ1) is 16.0. The topological polar surface area (TPSA) is 49.4 Å². The number of nitrogens with zero attached hydrogens (tertiary/aromatic N) is 1. The van der Waals surface area contributed by atoms with Crippen LogP contribution in [0.1, 0.15) is 49.1 Å². The van der Waals surface area contributed by atoms with Gasteiger partial charge < -0.3 is 10.2 Å². The van der Waals surface area contributed by atoms with Crippen LogP contribution in [-0.2, 0) is 16.0 Å². The van der Waals surface area contributed by atoms with Crippen LogP contribution in [0.25, 0.3) is 10.8 Å². The molecular weight excluding hydrogens is 432 g/mol. The number of nitrogens with one attached hydrogen (secondary N) is 1. The molecule has 2 aliphatic heterocycles. The summed E-state index contributed by atoms with van der Waals surface area (Å²) < 4.78 is 0. The molecule has 4 nitrogen and oxygen atoms in total. The van der Waals surface area contributed by atoms with Gasteiger partial charge in [0.2, 0.25) is 11.8 Å². The van der Waals surface area contributed by atoms with E-state index in [9.17, 15) is 9.59 Å². The van der Waals surface area contributed by atoms with Crippen LogP contribution < -0.4 is 5.32 Å². The van der Waals surface area contributed by atoms with Gasteiger partial charge in [0.25, 0.3) is 0 Å². The number of hydrogen-bond donors (Lipinski definition) is 1. The van der Waals surface area contributed by atoms with Gasteiger partial charge >= 0.3 is 0 Å². The van der Waals surface area contributed by atoms with Crippen LogP contribution in [0, 0.1) is 0 Å². The lowest BCUT2D eigenvalue weighted by molar-refractivity contribution is -0.131. The molecule has 5 heteroatoms. The first-order valence-electron chi connectivity index (χ1n) is 11.8. The molecule has 0 unspecified atom stereocenters. The average Bonchev–Trinajstić information content (AvgIpc) is 3.45. The van der Waals surface area contributed by atoms with Crippen LogP contribution in [0.3, 0.4) is 0 Å². The first-order valence-corrected chi connectivity index (χ1v) is 12.2. The summed E-state index contributed by atoms with van der Waals surface area (Å²) in [7, 11) is 0. The van der Waals surface area contributed by atoms with Gasteiger partial charge in [0, 0.05) is 42.4 Å². The Morgan fingerprint density at radius 2 is 1.85 bits per heavy atom. The van der Waals surface area contributed by atoms with Gasteiger partial charge in [-0.15, -0.1) is 0 Å². The summed E-state index contributed by atoms with van der Waals surface area (Å²) in [4.78, 5) is 27.2. The van der Waals surface area contributed by atoms with E-state index in [1.165, 1.54) is 16.3 Å². The smallest absolute Gasteiger partial charge is 0.222 e. The van der Waals surface area contributed by atoms with Gasteiger partial charge in [0.05, 0.1) is 0 Å². The number of fused-ring (bicyclic) bond motifs is 1. The highest BCUT2D eigenvalue weighted by atomic mass is 35.5. The number of benzene rings is 3. The Bertz CT molecular complexity index is 1190. The summed E-state index contributed by atoms with van der Waals surface area (Å²) in [5, 5.41) is 6.42. The van der Waals surface area contributed by atoms with E-state index in [4.69, 9.17) is 11.6 Å².